The van der Waals surface area contributed by atoms with Crippen molar-refractivity contribution in [2.75, 3.05) is 39.0 Å². The molecule has 8 nitrogen and oxygen atoms in total. The molecule has 0 saturated carbocycles. The number of halogens is 3. The van der Waals surface area contributed by atoms with Crippen LogP contribution in [0.1, 0.15) is 12.8 Å². The van der Waals surface area contributed by atoms with Gasteiger partial charge < -0.3 is 14.7 Å². The van der Waals surface area contributed by atoms with E-state index in [0.717, 1.165) is 6.26 Å². The topological polar surface area (TPSA) is 104 Å². The molecule has 0 aromatic heterocycles. The molecule has 140 valence electrons. The number of rotatable bonds is 7. The van der Waals surface area contributed by atoms with Crippen molar-refractivity contribution in [3.8, 4) is 0 Å². The standard InChI is InChI=1S/C12H19F3N2O6S/c1-24(21,22)17(8-11(19)20)7-9-6-16(4-5-23-9)10(18)2-3-12(13,14)15/h9H,2-8H2,1H3,(H,19,20). The number of alkyl halides is 3. The van der Waals surface area contributed by atoms with Crippen molar-refractivity contribution < 1.29 is 41.0 Å². The summed E-state index contributed by atoms with van der Waals surface area (Å²) in [5, 5.41) is 8.75. The zero-order valence-electron chi connectivity index (χ0n) is 13.0. The van der Waals surface area contributed by atoms with Gasteiger partial charge in [0.1, 0.15) is 6.54 Å². The van der Waals surface area contributed by atoms with Crippen LogP contribution in [0.2, 0.25) is 0 Å². The molecule has 1 aliphatic rings. The second-order valence-electron chi connectivity index (χ2n) is 5.40. The van der Waals surface area contributed by atoms with E-state index in [4.69, 9.17) is 9.84 Å². The number of morpholine rings is 1. The van der Waals surface area contributed by atoms with Crippen LogP contribution in [0.4, 0.5) is 13.2 Å². The van der Waals surface area contributed by atoms with Crippen LogP contribution in [0.15, 0.2) is 0 Å². The Hall–Kier alpha value is -1.40. The van der Waals surface area contributed by atoms with Crippen molar-refractivity contribution in [1.29, 1.82) is 0 Å². The van der Waals surface area contributed by atoms with Crippen LogP contribution in [0.3, 0.4) is 0 Å². The average Bonchev–Trinajstić information content (AvgIpc) is 2.42. The minimum absolute atomic E-state index is 0.0348. The van der Waals surface area contributed by atoms with Gasteiger partial charge in [-0.15, -0.1) is 0 Å². The Morgan fingerprint density at radius 1 is 1.38 bits per heavy atom. The number of hydrogen-bond donors (Lipinski definition) is 1. The Labute approximate surface area is 137 Å². The predicted molar refractivity (Wildman–Crippen MR) is 75.7 cm³/mol. The van der Waals surface area contributed by atoms with Gasteiger partial charge in [-0.25, -0.2) is 8.42 Å². The highest BCUT2D eigenvalue weighted by Crippen LogP contribution is 2.22. The molecule has 0 radical (unpaired) electrons. The highest BCUT2D eigenvalue weighted by Gasteiger charge is 2.32. The molecule has 1 amide bonds. The molecule has 0 spiro atoms. The highest BCUT2D eigenvalue weighted by molar-refractivity contribution is 7.88. The lowest BCUT2D eigenvalue weighted by Crippen LogP contribution is -2.51. The van der Waals surface area contributed by atoms with Crippen LogP contribution < -0.4 is 0 Å². The van der Waals surface area contributed by atoms with Crippen LogP contribution in [0.5, 0.6) is 0 Å². The lowest BCUT2D eigenvalue weighted by molar-refractivity contribution is -0.153. The van der Waals surface area contributed by atoms with Crippen LogP contribution in [0.25, 0.3) is 0 Å². The molecule has 0 aromatic rings. The van der Waals surface area contributed by atoms with Gasteiger partial charge in [0, 0.05) is 26.1 Å². The first kappa shape index (κ1) is 20.6. The Kier molecular flexibility index (Phi) is 6.98. The van der Waals surface area contributed by atoms with E-state index in [2.05, 4.69) is 0 Å². The van der Waals surface area contributed by atoms with Gasteiger partial charge in [-0.1, -0.05) is 0 Å². The third kappa shape index (κ3) is 7.45. The number of amides is 1. The number of carbonyl (C=O) groups excluding carboxylic acids is 1. The fraction of sp³-hybridized carbons (Fsp3) is 0.833. The fourth-order valence-electron chi connectivity index (χ4n) is 2.16. The van der Waals surface area contributed by atoms with E-state index in [1.165, 1.54) is 4.90 Å². The van der Waals surface area contributed by atoms with Gasteiger partial charge in [-0.2, -0.15) is 17.5 Å². The molecule has 12 heteroatoms. The lowest BCUT2D eigenvalue weighted by Gasteiger charge is -2.35. The van der Waals surface area contributed by atoms with Gasteiger partial charge in [0.15, 0.2) is 0 Å². The molecule has 1 atom stereocenters. The first-order valence-electron chi connectivity index (χ1n) is 7.01. The number of carboxylic acids is 1. The SMILES string of the molecule is CS(=O)(=O)N(CC(=O)O)CC1CN(C(=O)CCC(F)(F)F)CCO1. The van der Waals surface area contributed by atoms with E-state index >= 15 is 0 Å². The van der Waals surface area contributed by atoms with Crippen LogP contribution in [-0.4, -0.2) is 85.9 Å². The van der Waals surface area contributed by atoms with Crippen molar-refractivity contribution in [1.82, 2.24) is 9.21 Å². The molecule has 1 rings (SSSR count). The quantitative estimate of drug-likeness (QED) is 0.666. The van der Waals surface area contributed by atoms with Gasteiger partial charge in [0.05, 0.1) is 25.4 Å². The molecule has 0 aliphatic carbocycles. The summed E-state index contributed by atoms with van der Waals surface area (Å²) < 4.78 is 65.6. The minimum atomic E-state index is -4.43. The fourth-order valence-corrected chi connectivity index (χ4v) is 2.94. The van der Waals surface area contributed by atoms with E-state index in [-0.39, 0.29) is 26.2 Å². The zero-order chi connectivity index (χ0) is 18.5. The maximum absolute atomic E-state index is 12.2. The molecule has 0 aromatic carbocycles. The second-order valence-corrected chi connectivity index (χ2v) is 7.38. The molecular weight excluding hydrogens is 357 g/mol. The van der Waals surface area contributed by atoms with E-state index < -0.39 is 53.6 Å². The summed E-state index contributed by atoms with van der Waals surface area (Å²) in [7, 11) is -3.81. The van der Waals surface area contributed by atoms with Gasteiger partial charge in [-0.3, -0.25) is 9.59 Å². The number of aliphatic carboxylic acids is 1. The molecule has 24 heavy (non-hydrogen) atoms. The maximum Gasteiger partial charge on any atom is 0.389 e. The Balaban J connectivity index is 2.64. The first-order valence-corrected chi connectivity index (χ1v) is 8.86. The molecule has 0 bridgehead atoms. The van der Waals surface area contributed by atoms with Crippen molar-refractivity contribution in [3.05, 3.63) is 0 Å². The highest BCUT2D eigenvalue weighted by atomic mass is 32.2. The summed E-state index contributed by atoms with van der Waals surface area (Å²) in [6.45, 7) is -1.02. The van der Waals surface area contributed by atoms with E-state index in [1.807, 2.05) is 0 Å². The molecule has 1 heterocycles. The van der Waals surface area contributed by atoms with Gasteiger partial charge in [-0.05, 0) is 0 Å². The second kappa shape index (κ2) is 8.12. The van der Waals surface area contributed by atoms with Gasteiger partial charge in [0.25, 0.3) is 0 Å². The number of ether oxygens (including phenoxy) is 1. The zero-order valence-corrected chi connectivity index (χ0v) is 13.8. The summed E-state index contributed by atoms with van der Waals surface area (Å²) in [5.74, 6) is -2.06. The molecule has 1 unspecified atom stereocenters. The van der Waals surface area contributed by atoms with E-state index in [9.17, 15) is 31.2 Å². The lowest BCUT2D eigenvalue weighted by atomic mass is 10.2. The van der Waals surface area contributed by atoms with E-state index in [1.54, 1.807) is 0 Å². The van der Waals surface area contributed by atoms with Crippen LogP contribution in [0, 0.1) is 0 Å². The summed E-state index contributed by atoms with van der Waals surface area (Å²) >= 11 is 0. The third-order valence-corrected chi connectivity index (χ3v) is 4.52. The van der Waals surface area contributed by atoms with E-state index in [0.29, 0.717) is 4.31 Å². The number of sulfonamides is 1. The summed E-state index contributed by atoms with van der Waals surface area (Å²) in [6, 6.07) is 0. The Morgan fingerprint density at radius 2 is 2.00 bits per heavy atom. The number of nitrogens with zero attached hydrogens (tertiary/aromatic N) is 2. The molecular formula is C12H19F3N2O6S. The summed E-state index contributed by atoms with van der Waals surface area (Å²) in [6.07, 6.45) is -6.33. The Morgan fingerprint density at radius 3 is 2.50 bits per heavy atom. The Bertz CT molecular complexity index is 566. The van der Waals surface area contributed by atoms with Gasteiger partial charge in [0.2, 0.25) is 15.9 Å². The predicted octanol–water partition coefficient (Wildman–Crippen LogP) is -0.0975. The maximum atomic E-state index is 12.2. The number of carboxylic acid groups (broad SMARTS) is 1. The van der Waals surface area contributed by atoms with Crippen LogP contribution in [-0.2, 0) is 24.3 Å². The monoisotopic (exact) mass is 376 g/mol. The van der Waals surface area contributed by atoms with Crippen molar-refractivity contribution in [2.45, 2.75) is 25.1 Å². The number of carbonyl (C=O) groups is 2. The van der Waals surface area contributed by atoms with Crippen LogP contribution >= 0.6 is 0 Å². The van der Waals surface area contributed by atoms with Crippen molar-refractivity contribution in [3.63, 3.8) is 0 Å². The summed E-state index contributed by atoms with van der Waals surface area (Å²) in [5.41, 5.74) is 0. The van der Waals surface area contributed by atoms with Crippen molar-refractivity contribution in [2.24, 2.45) is 0 Å². The normalized spacial score (nSPS) is 19.5. The van der Waals surface area contributed by atoms with Gasteiger partial charge >= 0.3 is 12.1 Å². The van der Waals surface area contributed by atoms with Crippen molar-refractivity contribution >= 4 is 21.9 Å². The first-order chi connectivity index (χ1) is 10.9. The smallest absolute Gasteiger partial charge is 0.389 e. The number of hydrogen-bond acceptors (Lipinski definition) is 5. The molecule has 1 aliphatic heterocycles. The largest absolute Gasteiger partial charge is 0.480 e. The molecule has 1 saturated heterocycles. The minimum Gasteiger partial charge on any atom is -0.480 e. The molecule has 1 N–H and O–H groups in total. The third-order valence-electron chi connectivity index (χ3n) is 3.30. The average molecular weight is 376 g/mol. The summed E-state index contributed by atoms with van der Waals surface area (Å²) in [4.78, 5) is 23.7. The molecule has 1 fully saturated rings.